The van der Waals surface area contributed by atoms with Crippen LogP contribution in [0, 0.1) is 0 Å². The van der Waals surface area contributed by atoms with Gasteiger partial charge in [-0.15, -0.1) is 0 Å². The summed E-state index contributed by atoms with van der Waals surface area (Å²) in [5, 5.41) is 1.12. The molecule has 0 radical (unpaired) electrons. The molecule has 1 aliphatic carbocycles. The molecule has 2 N–H and O–H groups in total. The molecular weight excluding hydrogens is 430 g/mol. The largest absolute Gasteiger partial charge is 0.497 e. The van der Waals surface area contributed by atoms with Crippen LogP contribution in [0.5, 0.6) is 11.6 Å². The van der Waals surface area contributed by atoms with Gasteiger partial charge in [-0.2, -0.15) is 0 Å². The zero-order valence-electron chi connectivity index (χ0n) is 18.0. The lowest BCUT2D eigenvalue weighted by molar-refractivity contribution is -0.136. The molecule has 32 heavy (non-hydrogen) atoms. The van der Waals surface area contributed by atoms with Gasteiger partial charge in [0.1, 0.15) is 16.7 Å². The number of esters is 1. The van der Waals surface area contributed by atoms with E-state index < -0.39 is 11.9 Å². The van der Waals surface area contributed by atoms with Gasteiger partial charge in [0.2, 0.25) is 5.88 Å². The van der Waals surface area contributed by atoms with Crippen LogP contribution in [0.15, 0.2) is 35.6 Å². The van der Waals surface area contributed by atoms with Gasteiger partial charge in [-0.25, -0.2) is 14.8 Å². The normalized spacial score (nSPS) is 17.1. The number of allylic oxidation sites excluding steroid dienone is 1. The number of methoxy groups -OCH3 is 2. The molecule has 164 valence electrons. The molecule has 1 aliphatic heterocycles. The number of nitrogens with zero attached hydrogens (tertiary/aromatic N) is 2. The summed E-state index contributed by atoms with van der Waals surface area (Å²) in [6.07, 6.45) is 2.68. The number of aryl methyl sites for hydroxylation is 1. The summed E-state index contributed by atoms with van der Waals surface area (Å²) < 4.78 is 16.4. The van der Waals surface area contributed by atoms with E-state index in [1.165, 1.54) is 7.11 Å². The Balaban J connectivity index is 1.79. The van der Waals surface area contributed by atoms with Crippen LogP contribution < -0.4 is 15.2 Å². The Labute approximate surface area is 190 Å². The van der Waals surface area contributed by atoms with Gasteiger partial charge in [0, 0.05) is 28.4 Å². The lowest BCUT2D eigenvalue weighted by atomic mass is 9.81. The van der Waals surface area contributed by atoms with Crippen LogP contribution in [0.1, 0.15) is 41.6 Å². The van der Waals surface area contributed by atoms with Crippen molar-refractivity contribution in [1.82, 2.24) is 9.97 Å². The van der Waals surface area contributed by atoms with Gasteiger partial charge in [-0.05, 0) is 49.9 Å². The molecule has 5 rings (SSSR count). The van der Waals surface area contributed by atoms with Crippen molar-refractivity contribution in [2.24, 2.45) is 0 Å². The molecule has 2 aromatic heterocycles. The SMILES string of the molecule is COC(=O)C1=C(C)Oc2nc3c(c(N)c2C1c1cc2ccc(OC)cc2nc1Cl)CCC3. The van der Waals surface area contributed by atoms with Crippen LogP contribution in [0.25, 0.3) is 10.9 Å². The molecule has 0 fully saturated rings. The van der Waals surface area contributed by atoms with Gasteiger partial charge in [-0.1, -0.05) is 11.6 Å². The van der Waals surface area contributed by atoms with Crippen molar-refractivity contribution in [3.8, 4) is 11.6 Å². The topological polar surface area (TPSA) is 96.6 Å². The molecule has 0 saturated carbocycles. The maximum Gasteiger partial charge on any atom is 0.338 e. The number of carbonyl (C=O) groups is 1. The Morgan fingerprint density at radius 1 is 1.22 bits per heavy atom. The number of benzene rings is 1. The number of anilines is 1. The van der Waals surface area contributed by atoms with E-state index in [4.69, 9.17) is 36.5 Å². The lowest BCUT2D eigenvalue weighted by Crippen LogP contribution is -2.25. The summed E-state index contributed by atoms with van der Waals surface area (Å²) in [6.45, 7) is 1.72. The Morgan fingerprint density at radius 3 is 2.78 bits per heavy atom. The smallest absolute Gasteiger partial charge is 0.338 e. The van der Waals surface area contributed by atoms with Crippen molar-refractivity contribution < 1.29 is 19.0 Å². The first-order valence-corrected chi connectivity index (χ1v) is 10.7. The molecule has 1 aromatic carbocycles. The van der Waals surface area contributed by atoms with E-state index >= 15 is 0 Å². The Hall–Kier alpha value is -3.32. The molecular formula is C24H22ClN3O4. The second-order valence-corrected chi connectivity index (χ2v) is 8.30. The number of aromatic nitrogens is 2. The average Bonchev–Trinajstić information content (AvgIpc) is 3.26. The second-order valence-electron chi connectivity index (χ2n) is 7.95. The molecule has 8 heteroatoms. The maximum atomic E-state index is 12.9. The number of fused-ring (bicyclic) bond motifs is 3. The second kappa shape index (κ2) is 7.67. The van der Waals surface area contributed by atoms with Gasteiger partial charge in [0.15, 0.2) is 0 Å². The van der Waals surface area contributed by atoms with E-state index in [1.807, 2.05) is 24.3 Å². The first kappa shape index (κ1) is 20.6. The summed E-state index contributed by atoms with van der Waals surface area (Å²) in [4.78, 5) is 22.2. The molecule has 2 aliphatic rings. The third kappa shape index (κ3) is 3.07. The summed E-state index contributed by atoms with van der Waals surface area (Å²) in [7, 11) is 2.94. The summed E-state index contributed by atoms with van der Waals surface area (Å²) in [5.41, 5.74) is 11.5. The van der Waals surface area contributed by atoms with Crippen molar-refractivity contribution in [2.75, 3.05) is 20.0 Å². The van der Waals surface area contributed by atoms with Gasteiger partial charge in [-0.3, -0.25) is 0 Å². The summed E-state index contributed by atoms with van der Waals surface area (Å²) in [6, 6.07) is 7.49. The highest BCUT2D eigenvalue weighted by atomic mass is 35.5. The maximum absolute atomic E-state index is 12.9. The fourth-order valence-corrected chi connectivity index (χ4v) is 4.91. The van der Waals surface area contributed by atoms with Crippen LogP contribution in [-0.4, -0.2) is 30.2 Å². The van der Waals surface area contributed by atoms with Crippen LogP contribution in [0.2, 0.25) is 5.15 Å². The van der Waals surface area contributed by atoms with Crippen LogP contribution in [-0.2, 0) is 22.4 Å². The number of hydrogen-bond donors (Lipinski definition) is 1. The minimum Gasteiger partial charge on any atom is -0.497 e. The number of nitrogens with two attached hydrogens (primary N) is 1. The molecule has 0 saturated heterocycles. The van der Waals surface area contributed by atoms with Gasteiger partial charge in [0.05, 0.1) is 36.8 Å². The molecule has 0 bridgehead atoms. The van der Waals surface area contributed by atoms with Crippen molar-refractivity contribution >= 4 is 34.2 Å². The van der Waals surface area contributed by atoms with Crippen molar-refractivity contribution in [3.63, 3.8) is 0 Å². The highest BCUT2D eigenvalue weighted by Gasteiger charge is 2.40. The van der Waals surface area contributed by atoms with E-state index in [0.29, 0.717) is 45.3 Å². The fourth-order valence-electron chi connectivity index (χ4n) is 4.66. The molecule has 3 heterocycles. The standard InChI is InChI=1S/C24H22ClN3O4/c1-11-18(24(29)31-3)19(20-21(26)14-5-4-6-16(14)28-23(20)32-11)15-9-12-7-8-13(30-2)10-17(12)27-22(15)25/h7-10,19H,4-6H2,1-3H3,(H2,26,28). The molecule has 1 unspecified atom stereocenters. The fraction of sp³-hybridized carbons (Fsp3) is 0.292. The first-order valence-electron chi connectivity index (χ1n) is 10.3. The predicted molar refractivity (Wildman–Crippen MR) is 121 cm³/mol. The van der Waals surface area contributed by atoms with Crippen molar-refractivity contribution in [3.05, 3.63) is 63.1 Å². The number of carbonyl (C=O) groups excluding carboxylic acids is 1. The van der Waals surface area contributed by atoms with Gasteiger partial charge < -0.3 is 19.9 Å². The zero-order valence-corrected chi connectivity index (χ0v) is 18.7. The highest BCUT2D eigenvalue weighted by Crippen LogP contribution is 2.49. The molecule has 3 aromatic rings. The van der Waals surface area contributed by atoms with E-state index in [1.54, 1.807) is 14.0 Å². The quantitative estimate of drug-likeness (QED) is 0.467. The molecule has 0 amide bonds. The molecule has 0 spiro atoms. The van der Waals surface area contributed by atoms with Gasteiger partial charge >= 0.3 is 5.97 Å². The molecule has 1 atom stereocenters. The van der Waals surface area contributed by atoms with E-state index in [2.05, 4.69) is 4.98 Å². The first-order chi connectivity index (χ1) is 15.4. The highest BCUT2D eigenvalue weighted by molar-refractivity contribution is 6.30. The average molecular weight is 452 g/mol. The van der Waals surface area contributed by atoms with Crippen LogP contribution in [0.3, 0.4) is 0 Å². The summed E-state index contributed by atoms with van der Waals surface area (Å²) in [5.74, 6) is 0.370. The minimum atomic E-state index is -0.615. The number of ether oxygens (including phenoxy) is 3. The van der Waals surface area contributed by atoms with Gasteiger partial charge in [0.25, 0.3) is 0 Å². The molecule has 7 nitrogen and oxygen atoms in total. The summed E-state index contributed by atoms with van der Waals surface area (Å²) >= 11 is 6.70. The number of rotatable bonds is 3. The van der Waals surface area contributed by atoms with Crippen molar-refractivity contribution in [2.45, 2.75) is 32.1 Å². The Bertz CT molecular complexity index is 1320. The lowest BCUT2D eigenvalue weighted by Gasteiger charge is -2.30. The predicted octanol–water partition coefficient (Wildman–Crippen LogP) is 4.33. The van der Waals surface area contributed by atoms with Crippen LogP contribution >= 0.6 is 11.6 Å². The van der Waals surface area contributed by atoms with E-state index in [0.717, 1.165) is 35.9 Å². The number of hydrogen-bond acceptors (Lipinski definition) is 7. The minimum absolute atomic E-state index is 0.262. The third-order valence-corrected chi connectivity index (χ3v) is 6.50. The van der Waals surface area contributed by atoms with E-state index in [-0.39, 0.29) is 5.15 Å². The number of pyridine rings is 2. The number of nitrogen functional groups attached to an aromatic ring is 1. The van der Waals surface area contributed by atoms with Crippen LogP contribution in [0.4, 0.5) is 5.69 Å². The zero-order chi connectivity index (χ0) is 22.6. The number of halogens is 1. The Kier molecular flexibility index (Phi) is 4.93. The third-order valence-electron chi connectivity index (χ3n) is 6.20. The Morgan fingerprint density at radius 2 is 2.03 bits per heavy atom. The van der Waals surface area contributed by atoms with E-state index in [9.17, 15) is 4.79 Å². The monoisotopic (exact) mass is 451 g/mol. The van der Waals surface area contributed by atoms with Crippen molar-refractivity contribution in [1.29, 1.82) is 0 Å².